The van der Waals surface area contributed by atoms with E-state index < -0.39 is 10.0 Å². The Morgan fingerprint density at radius 2 is 2.00 bits per heavy atom. The molecular weight excluding hydrogens is 274 g/mol. The Bertz CT molecular complexity index is 595. The van der Waals surface area contributed by atoms with Crippen LogP contribution in [0.3, 0.4) is 0 Å². The normalized spacial score (nSPS) is 21.4. The van der Waals surface area contributed by atoms with Gasteiger partial charge in [-0.25, -0.2) is 8.42 Å². The average Bonchev–Trinajstić information content (AvgIpc) is 2.64. The Kier molecular flexibility index (Phi) is 4.60. The van der Waals surface area contributed by atoms with Crippen molar-refractivity contribution in [2.75, 3.05) is 13.1 Å². The molecule has 110 valence electrons. The first-order valence-corrected chi connectivity index (χ1v) is 8.46. The summed E-state index contributed by atoms with van der Waals surface area (Å²) < 4.78 is 26.8. The van der Waals surface area contributed by atoms with E-state index in [1.165, 1.54) is 13.0 Å². The van der Waals surface area contributed by atoms with Crippen LogP contribution in [0.25, 0.3) is 0 Å². The van der Waals surface area contributed by atoms with Crippen LogP contribution in [0.2, 0.25) is 0 Å². The van der Waals surface area contributed by atoms with Gasteiger partial charge in [-0.3, -0.25) is 4.79 Å². The maximum Gasteiger partial charge on any atom is 0.243 e. The largest absolute Gasteiger partial charge is 0.295 e. The molecule has 0 radical (unpaired) electrons. The highest BCUT2D eigenvalue weighted by molar-refractivity contribution is 7.89. The molecule has 0 aliphatic carbocycles. The third-order valence-corrected chi connectivity index (χ3v) is 5.75. The van der Waals surface area contributed by atoms with Crippen molar-refractivity contribution in [3.63, 3.8) is 0 Å². The minimum atomic E-state index is -3.48. The van der Waals surface area contributed by atoms with Gasteiger partial charge in [0.1, 0.15) is 0 Å². The van der Waals surface area contributed by atoms with Crippen LogP contribution in [0.4, 0.5) is 0 Å². The van der Waals surface area contributed by atoms with Crippen LogP contribution in [0, 0.1) is 5.92 Å². The SMILES string of the molecule is CC(=O)c1cccc(S(=O)(=O)N2CCCC(C)CC2)c1. The monoisotopic (exact) mass is 295 g/mol. The lowest BCUT2D eigenvalue weighted by Gasteiger charge is -2.20. The summed E-state index contributed by atoms with van der Waals surface area (Å²) >= 11 is 0. The van der Waals surface area contributed by atoms with E-state index in [4.69, 9.17) is 0 Å². The molecule has 1 aliphatic heterocycles. The molecule has 1 aromatic rings. The van der Waals surface area contributed by atoms with Crippen LogP contribution in [0.15, 0.2) is 29.2 Å². The predicted octanol–water partition coefficient (Wildman–Crippen LogP) is 2.70. The van der Waals surface area contributed by atoms with E-state index in [1.807, 2.05) is 0 Å². The van der Waals surface area contributed by atoms with Crippen molar-refractivity contribution in [2.24, 2.45) is 5.92 Å². The van der Waals surface area contributed by atoms with Crippen molar-refractivity contribution in [1.29, 1.82) is 0 Å². The van der Waals surface area contributed by atoms with Gasteiger partial charge < -0.3 is 0 Å². The van der Waals surface area contributed by atoms with Gasteiger partial charge in [0.05, 0.1) is 4.90 Å². The van der Waals surface area contributed by atoms with Gasteiger partial charge in [0.15, 0.2) is 5.78 Å². The van der Waals surface area contributed by atoms with Crippen molar-refractivity contribution >= 4 is 15.8 Å². The molecular formula is C15H21NO3S. The van der Waals surface area contributed by atoms with E-state index in [2.05, 4.69) is 6.92 Å². The highest BCUT2D eigenvalue weighted by Crippen LogP contribution is 2.23. The fourth-order valence-corrected chi connectivity index (χ4v) is 4.04. The van der Waals surface area contributed by atoms with Crippen LogP contribution in [-0.2, 0) is 10.0 Å². The third kappa shape index (κ3) is 3.27. The Balaban J connectivity index is 2.29. The lowest BCUT2D eigenvalue weighted by Crippen LogP contribution is -2.32. The number of rotatable bonds is 3. The average molecular weight is 295 g/mol. The number of ketones is 1. The van der Waals surface area contributed by atoms with Crippen LogP contribution < -0.4 is 0 Å². The van der Waals surface area contributed by atoms with E-state index in [1.54, 1.807) is 22.5 Å². The molecule has 1 heterocycles. The van der Waals surface area contributed by atoms with Crippen molar-refractivity contribution in [3.05, 3.63) is 29.8 Å². The topological polar surface area (TPSA) is 54.5 Å². The molecule has 1 saturated heterocycles. The summed E-state index contributed by atoms with van der Waals surface area (Å²) in [5.74, 6) is 0.449. The van der Waals surface area contributed by atoms with Crippen molar-refractivity contribution in [1.82, 2.24) is 4.31 Å². The molecule has 1 aromatic carbocycles. The summed E-state index contributed by atoms with van der Waals surface area (Å²) in [4.78, 5) is 11.6. The number of nitrogens with zero attached hydrogens (tertiary/aromatic N) is 1. The number of carbonyl (C=O) groups is 1. The van der Waals surface area contributed by atoms with Gasteiger partial charge in [0.2, 0.25) is 10.0 Å². The van der Waals surface area contributed by atoms with Crippen LogP contribution >= 0.6 is 0 Å². The second kappa shape index (κ2) is 6.06. The van der Waals surface area contributed by atoms with E-state index in [0.717, 1.165) is 19.3 Å². The number of carbonyl (C=O) groups excluding carboxylic acids is 1. The summed E-state index contributed by atoms with van der Waals surface area (Å²) in [5.41, 5.74) is 0.439. The Morgan fingerprint density at radius 1 is 1.25 bits per heavy atom. The summed E-state index contributed by atoms with van der Waals surface area (Å²) in [6.45, 7) is 4.73. The number of Topliss-reactive ketones (excluding diaryl/α,β-unsaturated/α-hetero) is 1. The molecule has 1 fully saturated rings. The number of sulfonamides is 1. The molecule has 0 aromatic heterocycles. The molecule has 0 N–H and O–H groups in total. The molecule has 5 heteroatoms. The van der Waals surface area contributed by atoms with Crippen LogP contribution in [-0.4, -0.2) is 31.6 Å². The lowest BCUT2D eigenvalue weighted by molar-refractivity contribution is 0.101. The second-order valence-electron chi connectivity index (χ2n) is 5.52. The molecule has 4 nitrogen and oxygen atoms in total. The zero-order valence-corrected chi connectivity index (χ0v) is 12.8. The zero-order valence-electron chi connectivity index (χ0n) is 12.0. The third-order valence-electron chi connectivity index (χ3n) is 3.85. The number of hydrogen-bond acceptors (Lipinski definition) is 3. The van der Waals surface area contributed by atoms with E-state index >= 15 is 0 Å². The fraction of sp³-hybridized carbons (Fsp3) is 0.533. The molecule has 1 atom stereocenters. The quantitative estimate of drug-likeness (QED) is 0.806. The molecule has 0 bridgehead atoms. The molecule has 2 rings (SSSR count). The first kappa shape index (κ1) is 15.2. The zero-order chi connectivity index (χ0) is 14.8. The molecule has 0 saturated carbocycles. The smallest absolute Gasteiger partial charge is 0.243 e. The maximum absolute atomic E-state index is 12.6. The van der Waals surface area contributed by atoms with Gasteiger partial charge in [0.25, 0.3) is 0 Å². The highest BCUT2D eigenvalue weighted by atomic mass is 32.2. The minimum absolute atomic E-state index is 0.119. The van der Waals surface area contributed by atoms with Gasteiger partial charge in [-0.05, 0) is 44.2 Å². The minimum Gasteiger partial charge on any atom is -0.295 e. The summed E-state index contributed by atoms with van der Waals surface area (Å²) in [5, 5.41) is 0. The van der Waals surface area contributed by atoms with Crippen molar-refractivity contribution in [2.45, 2.75) is 38.0 Å². The first-order chi connectivity index (χ1) is 9.41. The molecule has 1 aliphatic rings. The number of hydrogen-bond donors (Lipinski definition) is 0. The molecule has 20 heavy (non-hydrogen) atoms. The van der Waals surface area contributed by atoms with Crippen LogP contribution in [0.5, 0.6) is 0 Å². The van der Waals surface area contributed by atoms with Crippen molar-refractivity contribution < 1.29 is 13.2 Å². The van der Waals surface area contributed by atoms with Gasteiger partial charge in [-0.15, -0.1) is 0 Å². The Morgan fingerprint density at radius 3 is 2.70 bits per heavy atom. The standard InChI is InChI=1S/C15H21NO3S/c1-12-5-4-9-16(10-8-12)20(18,19)15-7-3-6-14(11-15)13(2)17/h3,6-7,11-12H,4-5,8-10H2,1-2H3. The second-order valence-corrected chi connectivity index (χ2v) is 7.46. The van der Waals surface area contributed by atoms with Gasteiger partial charge >= 0.3 is 0 Å². The Labute approximate surface area is 120 Å². The van der Waals surface area contributed by atoms with Crippen LogP contribution in [0.1, 0.15) is 43.5 Å². The van der Waals surface area contributed by atoms with E-state index in [9.17, 15) is 13.2 Å². The molecule has 0 amide bonds. The summed E-state index contributed by atoms with van der Waals surface area (Å²) in [7, 11) is -3.48. The van der Waals surface area contributed by atoms with Crippen molar-refractivity contribution in [3.8, 4) is 0 Å². The highest BCUT2D eigenvalue weighted by Gasteiger charge is 2.26. The number of benzene rings is 1. The van der Waals surface area contributed by atoms with E-state index in [-0.39, 0.29) is 10.7 Å². The summed E-state index contributed by atoms with van der Waals surface area (Å²) in [6.07, 6.45) is 2.86. The molecule has 0 spiro atoms. The lowest BCUT2D eigenvalue weighted by atomic mass is 10.0. The maximum atomic E-state index is 12.6. The summed E-state index contributed by atoms with van der Waals surface area (Å²) in [6, 6.07) is 6.32. The van der Waals surface area contributed by atoms with Gasteiger partial charge in [-0.2, -0.15) is 4.31 Å². The van der Waals surface area contributed by atoms with Gasteiger partial charge in [-0.1, -0.05) is 19.1 Å². The fourth-order valence-electron chi connectivity index (χ4n) is 2.50. The first-order valence-electron chi connectivity index (χ1n) is 7.02. The predicted molar refractivity (Wildman–Crippen MR) is 78.2 cm³/mol. The van der Waals surface area contributed by atoms with Gasteiger partial charge in [0, 0.05) is 18.7 Å². The molecule has 1 unspecified atom stereocenters. The Hall–Kier alpha value is -1.20. The van der Waals surface area contributed by atoms with E-state index in [0.29, 0.717) is 24.6 Å².